The Kier molecular flexibility index (Phi) is 8.72. The van der Waals surface area contributed by atoms with Crippen LogP contribution in [0.3, 0.4) is 0 Å². The Hall–Kier alpha value is -2.36. The van der Waals surface area contributed by atoms with E-state index in [2.05, 4.69) is 61.4 Å². The molecule has 2 saturated carbocycles. The first kappa shape index (κ1) is 32.8. The lowest BCUT2D eigenvalue weighted by atomic mass is 10.1. The molecule has 0 bridgehead atoms. The van der Waals surface area contributed by atoms with E-state index in [9.17, 15) is 19.8 Å². The molecule has 0 radical (unpaired) electrons. The summed E-state index contributed by atoms with van der Waals surface area (Å²) in [5, 5.41) is 22.1. The molecular weight excluding hydrogens is 748 g/mol. The molecule has 2 aliphatic carbocycles. The standard InChI is InChI=1S/C34H42Br2N6O6/c35-23-11-25(17-37-15-23)41-27(19-39-5-1-2-6-39)9-21-13-33(21,41)47-31(45)29(43)30(44)32(46)48-34-14-22(34)10-28(20-40-7-3-4-8-40)42(34)26-12-24(36)16-38-18-26/h11-12,15-18,21-22,27-30,43-44H,1-10,13-14,19-20H2. The van der Waals surface area contributed by atoms with Gasteiger partial charge in [-0.15, -0.1) is 0 Å². The van der Waals surface area contributed by atoms with Crippen LogP contribution in [0.1, 0.15) is 51.4 Å². The number of esters is 2. The average Bonchev–Trinajstić information content (AvgIpc) is 3.52. The molecule has 2 aromatic heterocycles. The van der Waals surface area contributed by atoms with Crippen LogP contribution in [0.4, 0.5) is 11.4 Å². The van der Waals surface area contributed by atoms with Crippen molar-refractivity contribution in [1.29, 1.82) is 0 Å². The molecule has 6 fully saturated rings. The number of carbonyl (C=O) groups is 2. The summed E-state index contributed by atoms with van der Waals surface area (Å²) in [4.78, 5) is 44.9. The van der Waals surface area contributed by atoms with Gasteiger partial charge in [0.15, 0.2) is 23.7 Å². The molecule has 258 valence electrons. The fourth-order valence-corrected chi connectivity index (χ4v) is 9.74. The van der Waals surface area contributed by atoms with Crippen molar-refractivity contribution in [2.45, 2.75) is 87.1 Å². The number of rotatable bonds is 11. The molecule has 6 aliphatic rings. The number of nitrogens with zero attached hydrogens (tertiary/aromatic N) is 6. The highest BCUT2D eigenvalue weighted by molar-refractivity contribution is 9.10. The summed E-state index contributed by atoms with van der Waals surface area (Å²) in [6.45, 7) is 5.85. The van der Waals surface area contributed by atoms with Gasteiger partial charge in [-0.3, -0.25) is 9.97 Å². The lowest BCUT2D eigenvalue weighted by Crippen LogP contribution is -2.52. The predicted octanol–water partition coefficient (Wildman–Crippen LogP) is 3.29. The third-order valence-electron chi connectivity index (χ3n) is 11.3. The number of hydrogen-bond donors (Lipinski definition) is 2. The minimum absolute atomic E-state index is 0.0776. The number of hydrogen-bond acceptors (Lipinski definition) is 12. The number of aliphatic hydroxyl groups excluding tert-OH is 2. The van der Waals surface area contributed by atoms with Gasteiger partial charge in [-0.2, -0.15) is 0 Å². The second kappa shape index (κ2) is 12.8. The first-order valence-corrected chi connectivity index (χ1v) is 18.8. The van der Waals surface area contributed by atoms with E-state index < -0.39 is 35.6 Å². The van der Waals surface area contributed by atoms with E-state index >= 15 is 0 Å². The van der Waals surface area contributed by atoms with Gasteiger partial charge in [-0.25, -0.2) is 9.59 Å². The van der Waals surface area contributed by atoms with Crippen LogP contribution in [0.15, 0.2) is 45.9 Å². The highest BCUT2D eigenvalue weighted by Gasteiger charge is 2.71. The zero-order valence-corrected chi connectivity index (χ0v) is 30.0. The number of fused-ring (bicyclic) bond motifs is 2. The Bertz CT molecular complexity index is 1450. The van der Waals surface area contributed by atoms with Crippen LogP contribution in [0.25, 0.3) is 0 Å². The molecule has 12 nitrogen and oxygen atoms in total. The minimum atomic E-state index is -2.09. The molecule has 2 aromatic rings. The molecule has 14 heteroatoms. The van der Waals surface area contributed by atoms with Crippen molar-refractivity contribution in [3.63, 3.8) is 0 Å². The van der Waals surface area contributed by atoms with Crippen molar-refractivity contribution in [2.24, 2.45) is 11.8 Å². The Morgan fingerprint density at radius 1 is 0.729 bits per heavy atom. The van der Waals surface area contributed by atoms with Gasteiger partial charge in [0.2, 0.25) is 0 Å². The SMILES string of the molecule is O=C(OC12CC1CC(CN1CCCC1)N2c1cncc(Br)c1)C(O)C(O)C(=O)OC12CC1CC(CN1CCCC1)N2c1cncc(Br)c1. The molecule has 0 spiro atoms. The zero-order valence-electron chi connectivity index (χ0n) is 26.8. The number of aromatic nitrogens is 2. The highest BCUT2D eigenvalue weighted by Crippen LogP contribution is 2.61. The smallest absolute Gasteiger partial charge is 0.340 e. The molecule has 48 heavy (non-hydrogen) atoms. The summed E-state index contributed by atoms with van der Waals surface area (Å²) in [5.41, 5.74) is -0.288. The molecule has 0 amide bonds. The first-order valence-electron chi connectivity index (χ1n) is 17.2. The van der Waals surface area contributed by atoms with Crippen molar-refractivity contribution in [2.75, 3.05) is 49.1 Å². The number of halogens is 2. The summed E-state index contributed by atoms with van der Waals surface area (Å²) in [6.07, 6.45) is 10.3. The van der Waals surface area contributed by atoms with Crippen LogP contribution in [0.2, 0.25) is 0 Å². The number of aliphatic hydroxyl groups is 2. The third-order valence-corrected chi connectivity index (χ3v) is 12.2. The Morgan fingerprint density at radius 3 is 1.50 bits per heavy atom. The Balaban J connectivity index is 0.972. The largest absolute Gasteiger partial charge is 0.437 e. The lowest BCUT2D eigenvalue weighted by Gasteiger charge is -2.38. The molecular formula is C34H42Br2N6O6. The average molecular weight is 791 g/mol. The van der Waals surface area contributed by atoms with Crippen LogP contribution < -0.4 is 9.80 Å². The molecule has 4 saturated heterocycles. The van der Waals surface area contributed by atoms with Gasteiger partial charge in [-0.05, 0) is 109 Å². The van der Waals surface area contributed by atoms with Crippen molar-refractivity contribution >= 4 is 55.2 Å². The number of likely N-dealkylation sites (tertiary alicyclic amines) is 2. The van der Waals surface area contributed by atoms with Gasteiger partial charge in [0.1, 0.15) is 0 Å². The molecule has 8 rings (SSSR count). The Morgan fingerprint density at radius 2 is 1.12 bits per heavy atom. The predicted molar refractivity (Wildman–Crippen MR) is 183 cm³/mol. The Labute approximate surface area is 297 Å². The van der Waals surface area contributed by atoms with E-state index in [1.165, 1.54) is 25.7 Å². The van der Waals surface area contributed by atoms with Gasteiger partial charge in [0.25, 0.3) is 0 Å². The van der Waals surface area contributed by atoms with Crippen LogP contribution in [-0.4, -0.2) is 117 Å². The van der Waals surface area contributed by atoms with Gasteiger partial charge < -0.3 is 39.3 Å². The summed E-state index contributed by atoms with van der Waals surface area (Å²) in [5.74, 6) is -1.91. The quantitative estimate of drug-likeness (QED) is 0.324. The van der Waals surface area contributed by atoms with Crippen molar-refractivity contribution in [3.05, 3.63) is 45.9 Å². The molecule has 4 aliphatic heterocycles. The fraction of sp³-hybridized carbons (Fsp3) is 0.647. The summed E-state index contributed by atoms with van der Waals surface area (Å²) in [6, 6.07) is 4.11. The third kappa shape index (κ3) is 5.93. The van der Waals surface area contributed by atoms with Gasteiger partial charge in [0.05, 0.1) is 23.8 Å². The normalized spacial score (nSPS) is 33.8. The maximum Gasteiger partial charge on any atom is 0.340 e. The van der Waals surface area contributed by atoms with E-state index in [0.29, 0.717) is 12.8 Å². The van der Waals surface area contributed by atoms with E-state index in [1.807, 2.05) is 12.1 Å². The molecule has 0 aromatic carbocycles. The van der Waals surface area contributed by atoms with Crippen molar-refractivity contribution in [3.8, 4) is 0 Å². The van der Waals surface area contributed by atoms with Gasteiger partial charge >= 0.3 is 11.9 Å². The van der Waals surface area contributed by atoms with Crippen LogP contribution >= 0.6 is 31.9 Å². The van der Waals surface area contributed by atoms with Crippen molar-refractivity contribution in [1.82, 2.24) is 19.8 Å². The van der Waals surface area contributed by atoms with E-state index in [4.69, 9.17) is 9.47 Å². The number of ether oxygens (including phenoxy) is 2. The van der Waals surface area contributed by atoms with E-state index in [0.717, 1.165) is 72.4 Å². The number of carbonyl (C=O) groups excluding carboxylic acids is 2. The number of anilines is 2. The summed E-state index contributed by atoms with van der Waals surface area (Å²) < 4.78 is 13.8. The second-order valence-corrected chi connectivity index (χ2v) is 16.3. The molecule has 8 unspecified atom stereocenters. The molecule has 2 N–H and O–H groups in total. The monoisotopic (exact) mass is 788 g/mol. The summed E-state index contributed by atoms with van der Waals surface area (Å²) in [7, 11) is 0. The topological polar surface area (TPSA) is 132 Å². The minimum Gasteiger partial charge on any atom is -0.437 e. The zero-order chi connectivity index (χ0) is 33.2. The number of piperidine rings is 2. The fourth-order valence-electron chi connectivity index (χ4n) is 9.04. The summed E-state index contributed by atoms with van der Waals surface area (Å²) >= 11 is 7.05. The second-order valence-electron chi connectivity index (χ2n) is 14.5. The number of pyridine rings is 2. The van der Waals surface area contributed by atoms with Gasteiger partial charge in [-0.1, -0.05) is 0 Å². The maximum atomic E-state index is 13.5. The highest BCUT2D eigenvalue weighted by atomic mass is 79.9. The van der Waals surface area contributed by atoms with E-state index in [1.54, 1.807) is 24.8 Å². The van der Waals surface area contributed by atoms with Crippen LogP contribution in [-0.2, 0) is 19.1 Å². The molecule has 6 heterocycles. The van der Waals surface area contributed by atoms with Gasteiger partial charge in [0, 0.05) is 71.2 Å². The maximum absolute atomic E-state index is 13.5. The first-order chi connectivity index (χ1) is 23.2. The van der Waals surface area contributed by atoms with Crippen LogP contribution in [0, 0.1) is 11.8 Å². The molecule has 8 atom stereocenters. The van der Waals surface area contributed by atoms with Crippen LogP contribution in [0.5, 0.6) is 0 Å². The van der Waals surface area contributed by atoms with Crippen molar-refractivity contribution < 1.29 is 29.3 Å². The lowest BCUT2D eigenvalue weighted by molar-refractivity contribution is -0.181. The van der Waals surface area contributed by atoms with E-state index in [-0.39, 0.29) is 23.9 Å².